The molecule has 1 saturated heterocycles. The van der Waals surface area contributed by atoms with Gasteiger partial charge in [-0.25, -0.2) is 4.79 Å². The van der Waals surface area contributed by atoms with Crippen LogP contribution in [0.25, 0.3) is 0 Å². The molecule has 5 heteroatoms. The zero-order chi connectivity index (χ0) is 17.6. The van der Waals surface area contributed by atoms with Crippen LogP contribution in [0.1, 0.15) is 60.8 Å². The molecule has 1 fully saturated rings. The van der Waals surface area contributed by atoms with Gasteiger partial charge in [-0.3, -0.25) is 0 Å². The molecule has 3 atom stereocenters. The molecular formula is C18H36N2O3. The highest BCUT2D eigenvalue weighted by molar-refractivity contribution is 5.68. The van der Waals surface area contributed by atoms with Crippen molar-refractivity contribution in [1.82, 2.24) is 10.2 Å². The van der Waals surface area contributed by atoms with E-state index < -0.39 is 5.60 Å². The third-order valence-electron chi connectivity index (χ3n) is 4.24. The second-order valence-electron chi connectivity index (χ2n) is 8.31. The van der Waals surface area contributed by atoms with Crippen LogP contribution >= 0.6 is 0 Å². The highest BCUT2D eigenvalue weighted by Gasteiger charge is 2.30. The smallest absolute Gasteiger partial charge is 0.410 e. The van der Waals surface area contributed by atoms with Crippen LogP contribution in [-0.4, -0.2) is 53.5 Å². The van der Waals surface area contributed by atoms with Gasteiger partial charge in [-0.15, -0.1) is 0 Å². The van der Waals surface area contributed by atoms with Crippen LogP contribution in [0.3, 0.4) is 0 Å². The van der Waals surface area contributed by atoms with E-state index in [-0.39, 0.29) is 18.2 Å². The fourth-order valence-corrected chi connectivity index (χ4v) is 3.03. The number of hydrogen-bond acceptors (Lipinski definition) is 4. The molecule has 136 valence electrons. The third kappa shape index (κ3) is 8.02. The second-order valence-corrected chi connectivity index (χ2v) is 8.31. The molecule has 0 spiro atoms. The maximum atomic E-state index is 12.2. The Morgan fingerprint density at radius 2 is 2.00 bits per heavy atom. The van der Waals surface area contributed by atoms with Crippen molar-refractivity contribution in [1.29, 1.82) is 0 Å². The monoisotopic (exact) mass is 328 g/mol. The van der Waals surface area contributed by atoms with Gasteiger partial charge in [0.2, 0.25) is 0 Å². The van der Waals surface area contributed by atoms with Crippen LogP contribution in [0.2, 0.25) is 0 Å². The molecule has 1 heterocycles. The summed E-state index contributed by atoms with van der Waals surface area (Å²) in [6.07, 6.45) is 2.41. The van der Waals surface area contributed by atoms with Crippen molar-refractivity contribution < 1.29 is 14.6 Å². The molecule has 0 aromatic heterocycles. The van der Waals surface area contributed by atoms with Crippen LogP contribution in [-0.2, 0) is 4.74 Å². The molecule has 0 saturated carbocycles. The standard InChI is InChI=1S/C18H36N2O3/c1-13(2)10-16(21)11-19-14(3)15-8-7-9-20(12-15)17(22)23-18(4,5)6/h13-16,19,21H,7-12H2,1-6H3. The normalized spacial score (nSPS) is 22.1. The molecule has 0 radical (unpaired) electrons. The van der Waals surface area contributed by atoms with Crippen molar-refractivity contribution in [3.63, 3.8) is 0 Å². The number of carbonyl (C=O) groups excluding carboxylic acids is 1. The van der Waals surface area contributed by atoms with E-state index in [0.717, 1.165) is 32.4 Å². The molecule has 1 aliphatic rings. The summed E-state index contributed by atoms with van der Waals surface area (Å²) in [7, 11) is 0. The Balaban J connectivity index is 2.43. The van der Waals surface area contributed by atoms with Crippen molar-refractivity contribution in [2.24, 2.45) is 11.8 Å². The first-order valence-corrected chi connectivity index (χ1v) is 8.98. The van der Waals surface area contributed by atoms with Gasteiger partial charge < -0.3 is 20.1 Å². The first-order chi connectivity index (χ1) is 10.6. The van der Waals surface area contributed by atoms with Crippen molar-refractivity contribution in [3.8, 4) is 0 Å². The van der Waals surface area contributed by atoms with E-state index >= 15 is 0 Å². The van der Waals surface area contributed by atoms with Gasteiger partial charge in [0.25, 0.3) is 0 Å². The number of ether oxygens (including phenoxy) is 1. The molecular weight excluding hydrogens is 292 g/mol. The van der Waals surface area contributed by atoms with E-state index in [1.54, 1.807) is 0 Å². The molecule has 1 rings (SSSR count). The van der Waals surface area contributed by atoms with Crippen molar-refractivity contribution in [2.75, 3.05) is 19.6 Å². The lowest BCUT2D eigenvalue weighted by atomic mass is 9.91. The Morgan fingerprint density at radius 1 is 1.35 bits per heavy atom. The lowest BCUT2D eigenvalue weighted by molar-refractivity contribution is 0.0144. The predicted octanol–water partition coefficient (Wildman–Crippen LogP) is 3.02. The topological polar surface area (TPSA) is 61.8 Å². The van der Waals surface area contributed by atoms with E-state index in [2.05, 4.69) is 26.1 Å². The Bertz CT molecular complexity index is 366. The molecule has 0 bridgehead atoms. The maximum absolute atomic E-state index is 12.2. The number of aliphatic hydroxyl groups excluding tert-OH is 1. The molecule has 1 amide bonds. The van der Waals surface area contributed by atoms with E-state index in [0.29, 0.717) is 18.4 Å². The van der Waals surface area contributed by atoms with Crippen molar-refractivity contribution >= 4 is 6.09 Å². The number of nitrogens with one attached hydrogen (secondary N) is 1. The number of aliphatic hydroxyl groups is 1. The highest BCUT2D eigenvalue weighted by Crippen LogP contribution is 2.22. The molecule has 0 aromatic rings. The summed E-state index contributed by atoms with van der Waals surface area (Å²) in [4.78, 5) is 14.0. The summed E-state index contributed by atoms with van der Waals surface area (Å²) in [5.74, 6) is 0.905. The van der Waals surface area contributed by atoms with Gasteiger partial charge >= 0.3 is 6.09 Å². The summed E-state index contributed by atoms with van der Waals surface area (Å²) in [5.41, 5.74) is -0.450. The molecule has 0 aliphatic carbocycles. The summed E-state index contributed by atoms with van der Waals surface area (Å²) >= 11 is 0. The third-order valence-corrected chi connectivity index (χ3v) is 4.24. The van der Waals surface area contributed by atoms with Crippen LogP contribution in [0, 0.1) is 11.8 Å². The second kappa shape index (κ2) is 8.88. The minimum absolute atomic E-state index is 0.214. The van der Waals surface area contributed by atoms with Gasteiger partial charge in [-0.2, -0.15) is 0 Å². The lowest BCUT2D eigenvalue weighted by Crippen LogP contribution is -2.49. The Morgan fingerprint density at radius 3 is 2.57 bits per heavy atom. The van der Waals surface area contributed by atoms with Crippen LogP contribution in [0.15, 0.2) is 0 Å². The van der Waals surface area contributed by atoms with Crippen LogP contribution < -0.4 is 5.32 Å². The lowest BCUT2D eigenvalue weighted by Gasteiger charge is -2.37. The summed E-state index contributed by atoms with van der Waals surface area (Å²) in [5, 5.41) is 13.4. The number of rotatable bonds is 6. The average Bonchev–Trinajstić information content (AvgIpc) is 2.42. The van der Waals surface area contributed by atoms with Gasteiger partial charge in [0.15, 0.2) is 0 Å². The van der Waals surface area contributed by atoms with Crippen LogP contribution in [0.5, 0.6) is 0 Å². The molecule has 23 heavy (non-hydrogen) atoms. The Labute approximate surface area is 141 Å². The van der Waals surface area contributed by atoms with Gasteiger partial charge in [-0.1, -0.05) is 13.8 Å². The number of nitrogens with zero attached hydrogens (tertiary/aromatic N) is 1. The summed E-state index contributed by atoms with van der Waals surface area (Å²) in [6.45, 7) is 14.2. The number of carbonyl (C=O) groups is 1. The first-order valence-electron chi connectivity index (χ1n) is 8.98. The zero-order valence-corrected chi connectivity index (χ0v) is 15.8. The predicted molar refractivity (Wildman–Crippen MR) is 93.5 cm³/mol. The van der Waals surface area contributed by atoms with Gasteiger partial charge in [0, 0.05) is 25.7 Å². The number of amides is 1. The van der Waals surface area contributed by atoms with Gasteiger partial charge in [0.1, 0.15) is 5.60 Å². The maximum Gasteiger partial charge on any atom is 0.410 e. The largest absolute Gasteiger partial charge is 0.444 e. The minimum Gasteiger partial charge on any atom is -0.444 e. The van der Waals surface area contributed by atoms with E-state index in [1.165, 1.54) is 0 Å². The van der Waals surface area contributed by atoms with Crippen LogP contribution in [0.4, 0.5) is 4.79 Å². The van der Waals surface area contributed by atoms with E-state index in [9.17, 15) is 9.90 Å². The first kappa shape index (κ1) is 20.2. The summed E-state index contributed by atoms with van der Waals surface area (Å²) < 4.78 is 5.47. The number of piperidine rings is 1. The number of hydrogen-bond donors (Lipinski definition) is 2. The Hall–Kier alpha value is -0.810. The fraction of sp³-hybridized carbons (Fsp3) is 0.944. The van der Waals surface area contributed by atoms with Crippen molar-refractivity contribution in [3.05, 3.63) is 0 Å². The Kier molecular flexibility index (Phi) is 7.81. The molecule has 3 unspecified atom stereocenters. The molecule has 0 aromatic carbocycles. The SMILES string of the molecule is CC(C)CC(O)CNC(C)C1CCCN(C(=O)OC(C)(C)C)C1. The fourth-order valence-electron chi connectivity index (χ4n) is 3.03. The minimum atomic E-state index is -0.450. The molecule has 1 aliphatic heterocycles. The zero-order valence-electron chi connectivity index (χ0n) is 15.8. The average molecular weight is 328 g/mol. The highest BCUT2D eigenvalue weighted by atomic mass is 16.6. The van der Waals surface area contributed by atoms with Gasteiger partial charge in [0.05, 0.1) is 6.10 Å². The van der Waals surface area contributed by atoms with E-state index in [1.807, 2.05) is 25.7 Å². The van der Waals surface area contributed by atoms with Crippen molar-refractivity contribution in [2.45, 2.75) is 78.6 Å². The van der Waals surface area contributed by atoms with Gasteiger partial charge in [-0.05, 0) is 58.8 Å². The molecule has 5 nitrogen and oxygen atoms in total. The molecule has 2 N–H and O–H groups in total. The number of likely N-dealkylation sites (tertiary alicyclic amines) is 1. The summed E-state index contributed by atoms with van der Waals surface area (Å²) in [6, 6.07) is 0.280. The quantitative estimate of drug-likeness (QED) is 0.787. The van der Waals surface area contributed by atoms with E-state index in [4.69, 9.17) is 4.74 Å².